The molecule has 1 aromatic carbocycles. The molecule has 1 aromatic heterocycles. The van der Waals surface area contributed by atoms with Crippen molar-refractivity contribution in [3.05, 3.63) is 41.6 Å². The van der Waals surface area contributed by atoms with E-state index >= 15 is 0 Å². The third-order valence-corrected chi connectivity index (χ3v) is 6.21. The van der Waals surface area contributed by atoms with E-state index in [1.54, 1.807) is 0 Å². The minimum atomic E-state index is -0.0796. The minimum Gasteiger partial charge on any atom is -0.379 e. The topological polar surface area (TPSA) is 70.2 Å². The summed E-state index contributed by atoms with van der Waals surface area (Å²) in [6.45, 7) is 6.23. The van der Waals surface area contributed by atoms with Crippen LogP contribution in [0.25, 0.3) is 11.3 Å². The third kappa shape index (κ3) is 4.13. The summed E-state index contributed by atoms with van der Waals surface area (Å²) in [6, 6.07) is 10.0. The number of benzene rings is 1. The molecule has 2 aromatic rings. The molecule has 6 nitrogen and oxygen atoms in total. The van der Waals surface area contributed by atoms with E-state index in [9.17, 15) is 4.79 Å². The number of aromatic amines is 1. The van der Waals surface area contributed by atoms with Crippen LogP contribution in [0.5, 0.6) is 0 Å². The molecule has 0 spiro atoms. The highest BCUT2D eigenvalue weighted by Gasteiger charge is 2.38. The van der Waals surface area contributed by atoms with Crippen LogP contribution >= 0.6 is 0 Å². The van der Waals surface area contributed by atoms with Gasteiger partial charge in [0.1, 0.15) is 5.69 Å². The number of H-pyrrole nitrogens is 1. The number of carbonyl (C=O) groups is 1. The number of carbonyl (C=O) groups excluding carboxylic acids is 1. The molecule has 0 radical (unpaired) electrons. The summed E-state index contributed by atoms with van der Waals surface area (Å²) >= 11 is 0. The Bertz CT molecular complexity index is 787. The van der Waals surface area contributed by atoms with Gasteiger partial charge in [-0.15, -0.1) is 0 Å². The molecule has 1 aliphatic heterocycles. The summed E-state index contributed by atoms with van der Waals surface area (Å²) in [6.07, 6.45) is 6.04. The molecule has 150 valence electrons. The van der Waals surface area contributed by atoms with Gasteiger partial charge in [-0.05, 0) is 25.8 Å². The van der Waals surface area contributed by atoms with Gasteiger partial charge in [0.15, 0.2) is 0 Å². The SMILES string of the molecule is Cc1ccc(-c2cc(C(=O)NCC3(N4CCOCC4)CCCCC3)[nH]n2)cc1. The first kappa shape index (κ1) is 19.2. The first-order valence-electron chi connectivity index (χ1n) is 10.4. The van der Waals surface area contributed by atoms with Crippen molar-refractivity contribution in [1.29, 1.82) is 0 Å². The second-order valence-corrected chi connectivity index (χ2v) is 8.10. The molecular formula is C22H30N4O2. The average Bonchev–Trinajstić information content (AvgIpc) is 3.24. The maximum Gasteiger partial charge on any atom is 0.269 e. The zero-order valence-corrected chi connectivity index (χ0v) is 16.7. The van der Waals surface area contributed by atoms with Crippen LogP contribution < -0.4 is 5.32 Å². The molecule has 6 heteroatoms. The summed E-state index contributed by atoms with van der Waals surface area (Å²) in [5, 5.41) is 10.4. The second-order valence-electron chi connectivity index (χ2n) is 8.10. The van der Waals surface area contributed by atoms with Crippen molar-refractivity contribution in [3.8, 4) is 11.3 Å². The van der Waals surface area contributed by atoms with Crippen LogP contribution in [0.2, 0.25) is 0 Å². The van der Waals surface area contributed by atoms with Crippen molar-refractivity contribution in [3.63, 3.8) is 0 Å². The van der Waals surface area contributed by atoms with Crippen LogP contribution in [0, 0.1) is 6.92 Å². The molecule has 0 atom stereocenters. The van der Waals surface area contributed by atoms with Gasteiger partial charge in [-0.1, -0.05) is 49.1 Å². The third-order valence-electron chi connectivity index (χ3n) is 6.21. The molecule has 1 saturated carbocycles. The summed E-state index contributed by atoms with van der Waals surface area (Å²) < 4.78 is 5.54. The lowest BCUT2D eigenvalue weighted by molar-refractivity contribution is -0.0361. The molecule has 0 bridgehead atoms. The fourth-order valence-corrected chi connectivity index (χ4v) is 4.50. The lowest BCUT2D eigenvalue weighted by atomic mass is 9.79. The number of aromatic nitrogens is 2. The predicted molar refractivity (Wildman–Crippen MR) is 109 cm³/mol. The van der Waals surface area contributed by atoms with Crippen molar-refractivity contribution in [2.75, 3.05) is 32.8 Å². The smallest absolute Gasteiger partial charge is 0.269 e. The molecule has 4 rings (SSSR count). The maximum absolute atomic E-state index is 12.8. The van der Waals surface area contributed by atoms with Gasteiger partial charge in [0.25, 0.3) is 5.91 Å². The van der Waals surface area contributed by atoms with E-state index in [1.165, 1.54) is 24.8 Å². The number of nitrogens with zero attached hydrogens (tertiary/aromatic N) is 2. The van der Waals surface area contributed by atoms with Crippen LogP contribution in [-0.2, 0) is 4.74 Å². The molecule has 2 N–H and O–H groups in total. The number of morpholine rings is 1. The Kier molecular flexibility index (Phi) is 5.78. The van der Waals surface area contributed by atoms with Gasteiger partial charge in [0.2, 0.25) is 0 Å². The Labute approximate surface area is 166 Å². The van der Waals surface area contributed by atoms with Gasteiger partial charge in [0.05, 0.1) is 18.9 Å². The van der Waals surface area contributed by atoms with Gasteiger partial charge in [-0.2, -0.15) is 5.10 Å². The number of ether oxygens (including phenoxy) is 1. The monoisotopic (exact) mass is 382 g/mol. The molecule has 2 fully saturated rings. The Morgan fingerprint density at radius 1 is 1.18 bits per heavy atom. The molecule has 0 unspecified atom stereocenters. The van der Waals surface area contributed by atoms with E-state index < -0.39 is 0 Å². The van der Waals surface area contributed by atoms with Gasteiger partial charge in [-0.25, -0.2) is 0 Å². The molecular weight excluding hydrogens is 352 g/mol. The minimum absolute atomic E-state index is 0.0670. The zero-order valence-electron chi connectivity index (χ0n) is 16.7. The molecule has 1 amide bonds. The average molecular weight is 383 g/mol. The van der Waals surface area contributed by atoms with E-state index in [0.29, 0.717) is 12.2 Å². The highest BCUT2D eigenvalue weighted by Crippen LogP contribution is 2.34. The number of nitrogens with one attached hydrogen (secondary N) is 2. The van der Waals surface area contributed by atoms with E-state index in [2.05, 4.69) is 39.5 Å². The van der Waals surface area contributed by atoms with Gasteiger partial charge >= 0.3 is 0 Å². The van der Waals surface area contributed by atoms with Crippen molar-refractivity contribution < 1.29 is 9.53 Å². The summed E-state index contributed by atoms with van der Waals surface area (Å²) in [5.74, 6) is -0.0796. The lowest BCUT2D eigenvalue weighted by Gasteiger charge is -2.48. The van der Waals surface area contributed by atoms with E-state index in [-0.39, 0.29) is 11.4 Å². The first-order chi connectivity index (χ1) is 13.7. The summed E-state index contributed by atoms with van der Waals surface area (Å²) in [4.78, 5) is 15.3. The van der Waals surface area contributed by atoms with Crippen LogP contribution in [0.15, 0.2) is 30.3 Å². The predicted octanol–water partition coefficient (Wildman–Crippen LogP) is 3.15. The number of aryl methyl sites for hydroxylation is 1. The molecule has 1 saturated heterocycles. The van der Waals surface area contributed by atoms with Crippen molar-refractivity contribution in [1.82, 2.24) is 20.4 Å². The summed E-state index contributed by atoms with van der Waals surface area (Å²) in [5.41, 5.74) is 3.60. The molecule has 2 heterocycles. The molecule has 1 aliphatic carbocycles. The Hall–Kier alpha value is -2.18. The fourth-order valence-electron chi connectivity index (χ4n) is 4.50. The second kappa shape index (κ2) is 8.45. The van der Waals surface area contributed by atoms with Gasteiger partial charge < -0.3 is 10.1 Å². The Balaban J connectivity index is 1.43. The number of amides is 1. The Morgan fingerprint density at radius 3 is 2.61 bits per heavy atom. The quantitative estimate of drug-likeness (QED) is 0.833. The molecule has 2 aliphatic rings. The van der Waals surface area contributed by atoms with E-state index in [1.807, 2.05) is 18.2 Å². The fraction of sp³-hybridized carbons (Fsp3) is 0.545. The van der Waals surface area contributed by atoms with Crippen molar-refractivity contribution >= 4 is 5.91 Å². The largest absolute Gasteiger partial charge is 0.379 e. The van der Waals surface area contributed by atoms with Crippen LogP contribution in [0.3, 0.4) is 0 Å². The van der Waals surface area contributed by atoms with E-state index in [4.69, 9.17) is 4.74 Å². The van der Waals surface area contributed by atoms with Crippen LogP contribution in [0.4, 0.5) is 0 Å². The lowest BCUT2D eigenvalue weighted by Crippen LogP contribution is -2.59. The number of rotatable bonds is 5. The number of hydrogen-bond acceptors (Lipinski definition) is 4. The highest BCUT2D eigenvalue weighted by molar-refractivity contribution is 5.93. The zero-order chi connectivity index (χ0) is 19.4. The van der Waals surface area contributed by atoms with E-state index in [0.717, 1.165) is 50.4 Å². The van der Waals surface area contributed by atoms with Crippen LogP contribution in [0.1, 0.15) is 48.2 Å². The van der Waals surface area contributed by atoms with Crippen molar-refractivity contribution in [2.45, 2.75) is 44.6 Å². The maximum atomic E-state index is 12.8. The number of hydrogen-bond donors (Lipinski definition) is 2. The summed E-state index contributed by atoms with van der Waals surface area (Å²) in [7, 11) is 0. The Morgan fingerprint density at radius 2 is 1.89 bits per heavy atom. The first-order valence-corrected chi connectivity index (χ1v) is 10.4. The van der Waals surface area contributed by atoms with Gasteiger partial charge in [-0.3, -0.25) is 14.8 Å². The highest BCUT2D eigenvalue weighted by atomic mass is 16.5. The molecule has 28 heavy (non-hydrogen) atoms. The standard InChI is InChI=1S/C22H30N4O2/c1-17-5-7-18(8-6-17)19-15-20(25-24-19)21(27)23-16-22(9-3-2-4-10-22)26-11-13-28-14-12-26/h5-8,15H,2-4,9-14,16H2,1H3,(H,23,27)(H,24,25). The van der Waals surface area contributed by atoms with Gasteiger partial charge in [0, 0.05) is 30.7 Å². The normalized spacial score (nSPS) is 20.0. The van der Waals surface area contributed by atoms with Crippen LogP contribution in [-0.4, -0.2) is 59.4 Å². The van der Waals surface area contributed by atoms with Crippen molar-refractivity contribution in [2.24, 2.45) is 0 Å².